The molecule has 1 N–H and O–H groups in total. The number of hydrogen-bond acceptors (Lipinski definition) is 2. The smallest absolute Gasteiger partial charge is 0.0426 e. The average molecular weight is 295 g/mol. The highest BCUT2D eigenvalue weighted by atomic mass is 35.5. The lowest BCUT2D eigenvalue weighted by molar-refractivity contribution is 0.427. The normalized spacial score (nSPS) is 16.6. The largest absolute Gasteiger partial charge is 0.371 e. The summed E-state index contributed by atoms with van der Waals surface area (Å²) in [6, 6.07) is 7.44. The van der Waals surface area contributed by atoms with Crippen molar-refractivity contribution in [2.45, 2.75) is 64.6 Å². The summed E-state index contributed by atoms with van der Waals surface area (Å²) >= 11 is 6.22. The van der Waals surface area contributed by atoms with Gasteiger partial charge in [0.1, 0.15) is 0 Å². The molecule has 0 spiro atoms. The lowest BCUT2D eigenvalue weighted by atomic mass is 9.93. The van der Waals surface area contributed by atoms with Crippen molar-refractivity contribution < 1.29 is 0 Å². The molecule has 0 aliphatic heterocycles. The molecule has 1 saturated carbocycles. The first-order valence-corrected chi connectivity index (χ1v) is 8.20. The van der Waals surface area contributed by atoms with Gasteiger partial charge in [-0.15, -0.1) is 0 Å². The Labute approximate surface area is 128 Å². The Morgan fingerprint density at radius 2 is 1.95 bits per heavy atom. The maximum absolute atomic E-state index is 6.22. The molecule has 1 aliphatic rings. The number of nitrogens with one attached hydrogen (secondary N) is 1. The van der Waals surface area contributed by atoms with Crippen LogP contribution in [0.15, 0.2) is 18.2 Å². The predicted octanol–water partition coefficient (Wildman–Crippen LogP) is 4.61. The number of hydrogen-bond donors (Lipinski definition) is 1. The topological polar surface area (TPSA) is 15.3 Å². The Balaban J connectivity index is 2.16. The van der Waals surface area contributed by atoms with E-state index in [1.165, 1.54) is 43.4 Å². The summed E-state index contributed by atoms with van der Waals surface area (Å²) in [6.07, 6.45) is 6.71. The highest BCUT2D eigenvalue weighted by Crippen LogP contribution is 2.30. The van der Waals surface area contributed by atoms with E-state index in [1.807, 2.05) is 6.07 Å². The molecule has 1 aromatic rings. The molecule has 0 bridgehead atoms. The summed E-state index contributed by atoms with van der Waals surface area (Å²) in [7, 11) is 2.22. The Bertz CT molecular complexity index is 425. The zero-order chi connectivity index (χ0) is 14.5. The SMILES string of the molecule is CC(C)NCc1ccc(Cl)cc1N(C)C1CCCCC1. The number of anilines is 1. The third-order valence-electron chi connectivity index (χ3n) is 4.25. The molecule has 1 aromatic carbocycles. The van der Waals surface area contributed by atoms with E-state index < -0.39 is 0 Å². The summed E-state index contributed by atoms with van der Waals surface area (Å²) in [5, 5.41) is 4.34. The molecule has 0 aromatic heterocycles. The van der Waals surface area contributed by atoms with Crippen molar-refractivity contribution in [3.63, 3.8) is 0 Å². The monoisotopic (exact) mass is 294 g/mol. The van der Waals surface area contributed by atoms with Crippen molar-refractivity contribution in [2.75, 3.05) is 11.9 Å². The molecule has 112 valence electrons. The molecule has 0 heterocycles. The van der Waals surface area contributed by atoms with Crippen LogP contribution >= 0.6 is 11.6 Å². The van der Waals surface area contributed by atoms with Gasteiger partial charge in [-0.2, -0.15) is 0 Å². The number of halogens is 1. The molecular formula is C17H27ClN2. The Morgan fingerprint density at radius 1 is 1.25 bits per heavy atom. The fourth-order valence-electron chi connectivity index (χ4n) is 2.99. The van der Waals surface area contributed by atoms with E-state index in [1.54, 1.807) is 0 Å². The third-order valence-corrected chi connectivity index (χ3v) is 4.49. The number of nitrogens with zero attached hydrogens (tertiary/aromatic N) is 1. The fourth-order valence-corrected chi connectivity index (χ4v) is 3.16. The molecule has 2 nitrogen and oxygen atoms in total. The van der Waals surface area contributed by atoms with E-state index in [0.29, 0.717) is 12.1 Å². The maximum Gasteiger partial charge on any atom is 0.0426 e. The van der Waals surface area contributed by atoms with Gasteiger partial charge in [0.05, 0.1) is 0 Å². The van der Waals surface area contributed by atoms with Crippen LogP contribution in [0.4, 0.5) is 5.69 Å². The highest BCUT2D eigenvalue weighted by molar-refractivity contribution is 6.30. The number of rotatable bonds is 5. The van der Waals surface area contributed by atoms with Crippen molar-refractivity contribution in [1.29, 1.82) is 0 Å². The molecular weight excluding hydrogens is 268 g/mol. The van der Waals surface area contributed by atoms with Gasteiger partial charge in [-0.3, -0.25) is 0 Å². The first kappa shape index (κ1) is 15.7. The second-order valence-electron chi connectivity index (χ2n) is 6.21. The van der Waals surface area contributed by atoms with Gasteiger partial charge in [-0.25, -0.2) is 0 Å². The van der Waals surface area contributed by atoms with Gasteiger partial charge in [0.2, 0.25) is 0 Å². The molecule has 2 rings (SSSR count). The molecule has 0 saturated heterocycles. The van der Waals surface area contributed by atoms with E-state index in [2.05, 4.69) is 43.2 Å². The molecule has 3 heteroatoms. The minimum atomic E-state index is 0.499. The zero-order valence-electron chi connectivity index (χ0n) is 13.0. The second-order valence-corrected chi connectivity index (χ2v) is 6.65. The Hall–Kier alpha value is -0.730. The quantitative estimate of drug-likeness (QED) is 0.853. The molecule has 0 atom stereocenters. The van der Waals surface area contributed by atoms with Crippen LogP contribution in [0.5, 0.6) is 0 Å². The second kappa shape index (κ2) is 7.33. The van der Waals surface area contributed by atoms with Crippen LogP contribution in [0.3, 0.4) is 0 Å². The van der Waals surface area contributed by atoms with Crippen LogP contribution in [0, 0.1) is 0 Å². The van der Waals surface area contributed by atoms with Crippen molar-refractivity contribution in [3.05, 3.63) is 28.8 Å². The van der Waals surface area contributed by atoms with Crippen LogP contribution in [0.2, 0.25) is 5.02 Å². The Kier molecular flexibility index (Phi) is 5.74. The first-order valence-electron chi connectivity index (χ1n) is 7.82. The molecule has 20 heavy (non-hydrogen) atoms. The van der Waals surface area contributed by atoms with Crippen molar-refractivity contribution in [3.8, 4) is 0 Å². The van der Waals surface area contributed by atoms with Gasteiger partial charge < -0.3 is 10.2 Å². The van der Waals surface area contributed by atoms with E-state index in [0.717, 1.165) is 11.6 Å². The summed E-state index contributed by atoms with van der Waals surface area (Å²) in [4.78, 5) is 2.45. The first-order chi connectivity index (χ1) is 9.58. The van der Waals surface area contributed by atoms with E-state index >= 15 is 0 Å². The minimum absolute atomic E-state index is 0.499. The standard InChI is InChI=1S/C17H27ClN2/c1-13(2)19-12-14-9-10-15(18)11-17(14)20(3)16-7-5-4-6-8-16/h9-11,13,16,19H,4-8,12H2,1-3H3. The van der Waals surface area contributed by atoms with Gasteiger partial charge in [0, 0.05) is 36.4 Å². The van der Waals surface area contributed by atoms with Gasteiger partial charge >= 0.3 is 0 Å². The summed E-state index contributed by atoms with van der Waals surface area (Å²) < 4.78 is 0. The van der Waals surface area contributed by atoms with Crippen molar-refractivity contribution in [2.24, 2.45) is 0 Å². The van der Waals surface area contributed by atoms with Crippen LogP contribution in [0.1, 0.15) is 51.5 Å². The van der Waals surface area contributed by atoms with Crippen LogP contribution < -0.4 is 10.2 Å². The van der Waals surface area contributed by atoms with Gasteiger partial charge in [0.15, 0.2) is 0 Å². The van der Waals surface area contributed by atoms with E-state index in [4.69, 9.17) is 11.6 Å². The number of benzene rings is 1. The molecule has 0 unspecified atom stereocenters. The fraction of sp³-hybridized carbons (Fsp3) is 0.647. The summed E-state index contributed by atoms with van der Waals surface area (Å²) in [5.41, 5.74) is 2.63. The maximum atomic E-state index is 6.22. The van der Waals surface area contributed by atoms with Gasteiger partial charge in [0.25, 0.3) is 0 Å². The van der Waals surface area contributed by atoms with E-state index in [9.17, 15) is 0 Å². The minimum Gasteiger partial charge on any atom is -0.371 e. The van der Waals surface area contributed by atoms with Crippen LogP contribution in [-0.4, -0.2) is 19.1 Å². The lowest BCUT2D eigenvalue weighted by Gasteiger charge is -2.34. The van der Waals surface area contributed by atoms with E-state index in [-0.39, 0.29) is 0 Å². The van der Waals surface area contributed by atoms with Crippen molar-refractivity contribution >= 4 is 17.3 Å². The lowest BCUT2D eigenvalue weighted by Crippen LogP contribution is -2.34. The molecule has 1 aliphatic carbocycles. The average Bonchev–Trinajstić information content (AvgIpc) is 2.46. The summed E-state index contributed by atoms with van der Waals surface area (Å²) in [5.74, 6) is 0. The summed E-state index contributed by atoms with van der Waals surface area (Å²) in [6.45, 7) is 5.27. The van der Waals surface area contributed by atoms with Crippen molar-refractivity contribution in [1.82, 2.24) is 5.32 Å². The highest BCUT2D eigenvalue weighted by Gasteiger charge is 2.20. The van der Waals surface area contributed by atoms with Crippen LogP contribution in [-0.2, 0) is 6.54 Å². The zero-order valence-corrected chi connectivity index (χ0v) is 13.7. The molecule has 0 amide bonds. The third kappa shape index (κ3) is 4.13. The predicted molar refractivity (Wildman–Crippen MR) is 88.7 cm³/mol. The van der Waals surface area contributed by atoms with Crippen LogP contribution in [0.25, 0.3) is 0 Å². The molecule has 0 radical (unpaired) electrons. The van der Waals surface area contributed by atoms with Gasteiger partial charge in [-0.05, 0) is 30.5 Å². The molecule has 1 fully saturated rings. The Morgan fingerprint density at radius 3 is 2.60 bits per heavy atom. The van der Waals surface area contributed by atoms with Gasteiger partial charge in [-0.1, -0.05) is 50.8 Å².